The van der Waals surface area contributed by atoms with E-state index in [1.165, 1.54) is 0 Å². The van der Waals surface area contributed by atoms with Crippen LogP contribution in [0.25, 0.3) is 0 Å². The van der Waals surface area contributed by atoms with Crippen molar-refractivity contribution in [3.05, 3.63) is 0 Å². The van der Waals surface area contributed by atoms with Crippen LogP contribution < -0.4 is 0 Å². The zero-order chi connectivity index (χ0) is 8.85. The molecule has 4 heteroatoms. The van der Waals surface area contributed by atoms with Crippen LogP contribution in [-0.4, -0.2) is 41.1 Å². The molecule has 0 radical (unpaired) electrons. The molecule has 0 bridgehead atoms. The van der Waals surface area contributed by atoms with Gasteiger partial charge in [-0.2, -0.15) is 0 Å². The number of amides is 1. The Morgan fingerprint density at radius 3 is 2.00 bits per heavy atom. The molecule has 1 saturated heterocycles. The molecule has 1 aliphatic rings. The summed E-state index contributed by atoms with van der Waals surface area (Å²) in [6.45, 7) is 0.957. The molecule has 3 nitrogen and oxygen atoms in total. The van der Waals surface area contributed by atoms with Crippen LogP contribution in [0.1, 0.15) is 12.8 Å². The topological polar surface area (TPSA) is 37.4 Å². The molecule has 0 unspecified atom stereocenters. The first kappa shape index (κ1) is 10.6. The van der Waals surface area contributed by atoms with E-state index in [2.05, 4.69) is 0 Å². The normalized spacial score (nSPS) is 16.7. The largest absolute Gasteiger partial charge is 0.346 e. The van der Waals surface area contributed by atoms with Gasteiger partial charge in [0.05, 0.1) is 0 Å². The van der Waals surface area contributed by atoms with Gasteiger partial charge in [0.2, 0.25) is 5.91 Å². The Balaban J connectivity index is 0.000000218. The Labute approximate surface area is 70.2 Å². The molecule has 1 amide bonds. The molecule has 66 valence electrons. The first-order valence-corrected chi connectivity index (χ1v) is 5.49. The Morgan fingerprint density at radius 2 is 1.91 bits per heavy atom. The molecular formula is C7H15NO2S. The van der Waals surface area contributed by atoms with Crippen LogP contribution >= 0.6 is 0 Å². The van der Waals surface area contributed by atoms with Crippen LogP contribution in [0.5, 0.6) is 0 Å². The third-order valence-corrected chi connectivity index (χ3v) is 1.31. The predicted molar refractivity (Wildman–Crippen MR) is 46.9 cm³/mol. The van der Waals surface area contributed by atoms with E-state index in [0.717, 1.165) is 19.4 Å². The lowest BCUT2D eigenvalue weighted by molar-refractivity contribution is -0.126. The Kier molecular flexibility index (Phi) is 5.11. The van der Waals surface area contributed by atoms with E-state index >= 15 is 0 Å². The summed E-state index contributed by atoms with van der Waals surface area (Å²) in [5.41, 5.74) is 0. The molecule has 0 aliphatic carbocycles. The smallest absolute Gasteiger partial charge is 0.222 e. The molecule has 0 saturated carbocycles. The summed E-state index contributed by atoms with van der Waals surface area (Å²) in [7, 11) is 1.23. The minimum absolute atomic E-state index is 0.292. The average Bonchev–Trinajstić information content (AvgIpc) is 2.15. The maximum atomic E-state index is 10.5. The van der Waals surface area contributed by atoms with Crippen LogP contribution in [0.3, 0.4) is 0 Å². The fourth-order valence-electron chi connectivity index (χ4n) is 0.783. The Hall–Kier alpha value is -0.380. The fourth-order valence-corrected chi connectivity index (χ4v) is 0.783. The van der Waals surface area contributed by atoms with Crippen molar-refractivity contribution in [1.29, 1.82) is 0 Å². The SMILES string of the molecule is CN1CCCC1=O.CS(C)=O. The first-order valence-electron chi connectivity index (χ1n) is 3.53. The van der Waals surface area contributed by atoms with Gasteiger partial charge in [0, 0.05) is 43.3 Å². The predicted octanol–water partition coefficient (Wildman–Crippen LogP) is 0.233. The second kappa shape index (κ2) is 5.29. The van der Waals surface area contributed by atoms with Crippen LogP contribution in [0.2, 0.25) is 0 Å². The highest BCUT2D eigenvalue weighted by atomic mass is 32.2. The number of likely N-dealkylation sites (tertiary alicyclic amines) is 1. The van der Waals surface area contributed by atoms with Crippen molar-refractivity contribution in [2.24, 2.45) is 0 Å². The van der Waals surface area contributed by atoms with E-state index in [9.17, 15) is 9.00 Å². The summed E-state index contributed by atoms with van der Waals surface area (Å²) in [4.78, 5) is 12.3. The van der Waals surface area contributed by atoms with Gasteiger partial charge in [-0.05, 0) is 6.42 Å². The van der Waals surface area contributed by atoms with Crippen molar-refractivity contribution in [2.75, 3.05) is 26.1 Å². The van der Waals surface area contributed by atoms with Gasteiger partial charge in [0.25, 0.3) is 0 Å². The monoisotopic (exact) mass is 177 g/mol. The first-order chi connectivity index (χ1) is 5.04. The number of carbonyl (C=O) groups is 1. The zero-order valence-electron chi connectivity index (χ0n) is 7.29. The fraction of sp³-hybridized carbons (Fsp3) is 0.857. The van der Waals surface area contributed by atoms with Crippen LogP contribution in [0.4, 0.5) is 0 Å². The van der Waals surface area contributed by atoms with E-state index in [4.69, 9.17) is 0 Å². The third-order valence-electron chi connectivity index (χ3n) is 1.31. The van der Waals surface area contributed by atoms with Crippen molar-refractivity contribution in [1.82, 2.24) is 4.90 Å². The zero-order valence-corrected chi connectivity index (χ0v) is 8.11. The van der Waals surface area contributed by atoms with Gasteiger partial charge < -0.3 is 4.90 Å². The summed E-state index contributed by atoms with van der Waals surface area (Å²) < 4.78 is 9.56. The number of nitrogens with zero attached hydrogens (tertiary/aromatic N) is 1. The van der Waals surface area contributed by atoms with E-state index in [0.29, 0.717) is 5.91 Å². The lowest BCUT2D eigenvalue weighted by atomic mass is 10.4. The van der Waals surface area contributed by atoms with Gasteiger partial charge in [-0.15, -0.1) is 0 Å². The Morgan fingerprint density at radius 1 is 1.45 bits per heavy atom. The molecule has 0 aromatic rings. The van der Waals surface area contributed by atoms with Gasteiger partial charge in [-0.3, -0.25) is 9.00 Å². The highest BCUT2D eigenvalue weighted by molar-refractivity contribution is 7.83. The molecule has 0 aromatic heterocycles. The molecule has 0 atom stereocenters. The summed E-state index contributed by atoms with van der Waals surface area (Å²) in [6, 6.07) is 0. The molecule has 1 aliphatic heterocycles. The summed E-state index contributed by atoms with van der Waals surface area (Å²) in [6.07, 6.45) is 5.09. The van der Waals surface area contributed by atoms with Gasteiger partial charge in [0.1, 0.15) is 0 Å². The minimum atomic E-state index is -0.611. The summed E-state index contributed by atoms with van der Waals surface area (Å²) in [5, 5.41) is 0. The van der Waals surface area contributed by atoms with Gasteiger partial charge >= 0.3 is 0 Å². The van der Waals surface area contributed by atoms with Crippen molar-refractivity contribution >= 4 is 16.7 Å². The number of carbonyl (C=O) groups excluding carboxylic acids is 1. The molecule has 1 rings (SSSR count). The molecule has 1 fully saturated rings. The lowest BCUT2D eigenvalue weighted by Crippen LogP contribution is -2.17. The number of hydrogen-bond donors (Lipinski definition) is 0. The van der Waals surface area contributed by atoms with E-state index in [1.807, 2.05) is 7.05 Å². The Bertz CT molecular complexity index is 155. The molecule has 1 heterocycles. The maximum Gasteiger partial charge on any atom is 0.222 e. The highest BCUT2D eigenvalue weighted by Gasteiger charge is 2.14. The second-order valence-corrected chi connectivity index (χ2v) is 4.14. The summed E-state index contributed by atoms with van der Waals surface area (Å²) >= 11 is 0. The molecule has 0 spiro atoms. The van der Waals surface area contributed by atoms with Crippen molar-refractivity contribution in [3.63, 3.8) is 0 Å². The molecule has 0 aromatic carbocycles. The van der Waals surface area contributed by atoms with Crippen molar-refractivity contribution < 1.29 is 9.00 Å². The molecular weight excluding hydrogens is 162 g/mol. The number of rotatable bonds is 0. The maximum absolute atomic E-state index is 10.5. The van der Waals surface area contributed by atoms with Crippen molar-refractivity contribution in [3.8, 4) is 0 Å². The second-order valence-electron chi connectivity index (χ2n) is 2.66. The standard InChI is InChI=1S/C5H9NO.C2H6OS/c1-6-4-2-3-5(6)7;1-4(2)3/h2-4H2,1H3;1-2H3. The minimum Gasteiger partial charge on any atom is -0.346 e. The van der Waals surface area contributed by atoms with Gasteiger partial charge in [-0.1, -0.05) is 0 Å². The quantitative estimate of drug-likeness (QED) is 0.531. The van der Waals surface area contributed by atoms with E-state index in [1.54, 1.807) is 17.4 Å². The number of hydrogen-bond acceptors (Lipinski definition) is 2. The highest BCUT2D eigenvalue weighted by Crippen LogP contribution is 2.04. The summed E-state index contributed by atoms with van der Waals surface area (Å²) in [5.74, 6) is 0.292. The average molecular weight is 177 g/mol. The van der Waals surface area contributed by atoms with Crippen LogP contribution in [0, 0.1) is 0 Å². The lowest BCUT2D eigenvalue weighted by Gasteiger charge is -2.03. The van der Waals surface area contributed by atoms with Crippen LogP contribution in [0.15, 0.2) is 0 Å². The van der Waals surface area contributed by atoms with Gasteiger partial charge in [-0.25, -0.2) is 0 Å². The van der Waals surface area contributed by atoms with E-state index in [-0.39, 0.29) is 0 Å². The molecule has 11 heavy (non-hydrogen) atoms. The van der Waals surface area contributed by atoms with E-state index < -0.39 is 10.8 Å². The third kappa shape index (κ3) is 6.04. The van der Waals surface area contributed by atoms with Crippen molar-refractivity contribution in [2.45, 2.75) is 12.8 Å². The molecule has 0 N–H and O–H groups in total. The van der Waals surface area contributed by atoms with Crippen LogP contribution in [-0.2, 0) is 15.6 Å². The van der Waals surface area contributed by atoms with Gasteiger partial charge in [0.15, 0.2) is 0 Å².